The van der Waals surface area contributed by atoms with Gasteiger partial charge in [-0.15, -0.1) is 0 Å². The molecule has 18 heavy (non-hydrogen) atoms. The summed E-state index contributed by atoms with van der Waals surface area (Å²) in [5, 5.41) is 11.9. The van der Waals surface area contributed by atoms with Crippen LogP contribution in [-0.4, -0.2) is 36.9 Å². The van der Waals surface area contributed by atoms with Crippen molar-refractivity contribution in [3.05, 3.63) is 18.1 Å². The minimum Gasteiger partial charge on any atom is -0.367 e. The summed E-state index contributed by atoms with van der Waals surface area (Å²) in [7, 11) is -2.98. The van der Waals surface area contributed by atoms with Crippen LogP contribution < -0.4 is 5.32 Å². The summed E-state index contributed by atoms with van der Waals surface area (Å²) in [4.78, 5) is 7.92. The molecule has 7 heteroatoms. The van der Waals surface area contributed by atoms with E-state index in [4.69, 9.17) is 5.26 Å². The Hall–Kier alpha value is -1.68. The smallest absolute Gasteiger partial charge is 0.182 e. The van der Waals surface area contributed by atoms with Crippen LogP contribution in [0.3, 0.4) is 0 Å². The summed E-state index contributed by atoms with van der Waals surface area (Å²) in [5.74, 6) is 0.592. The Balaban J connectivity index is 2.02. The molecule has 0 amide bonds. The molecule has 0 unspecified atom stereocenters. The zero-order chi connectivity index (χ0) is 13.2. The first-order valence-corrected chi connectivity index (χ1v) is 7.63. The van der Waals surface area contributed by atoms with Gasteiger partial charge in [-0.1, -0.05) is 0 Å². The fraction of sp³-hybridized carbons (Fsp3) is 0.545. The Morgan fingerprint density at radius 2 is 2.11 bits per heavy atom. The second-order valence-corrected chi connectivity index (χ2v) is 6.93. The van der Waals surface area contributed by atoms with Crippen LogP contribution in [0.4, 0.5) is 5.82 Å². The predicted molar refractivity (Wildman–Crippen MR) is 66.6 cm³/mol. The molecule has 0 aromatic carbocycles. The lowest BCUT2D eigenvalue weighted by molar-refractivity contribution is 0.560. The third kappa shape index (κ3) is 3.17. The quantitative estimate of drug-likeness (QED) is 0.837. The summed E-state index contributed by atoms with van der Waals surface area (Å²) in [5.41, 5.74) is 0.0327. The highest BCUT2D eigenvalue weighted by Crippen LogP contribution is 2.46. The van der Waals surface area contributed by atoms with E-state index < -0.39 is 9.84 Å². The molecule has 0 atom stereocenters. The van der Waals surface area contributed by atoms with Gasteiger partial charge in [0.2, 0.25) is 0 Å². The summed E-state index contributed by atoms with van der Waals surface area (Å²) in [6.45, 7) is 0.507. The number of hydrogen-bond donors (Lipinski definition) is 1. The molecule has 1 aromatic rings. The maximum absolute atomic E-state index is 11.3. The Labute approximate surface area is 106 Å². The summed E-state index contributed by atoms with van der Waals surface area (Å²) in [6, 6.07) is 1.95. The van der Waals surface area contributed by atoms with Gasteiger partial charge >= 0.3 is 0 Å². The molecule has 0 bridgehead atoms. The molecule has 1 fully saturated rings. The fourth-order valence-corrected chi connectivity index (χ4v) is 3.43. The van der Waals surface area contributed by atoms with Crippen LogP contribution in [0.2, 0.25) is 0 Å². The van der Waals surface area contributed by atoms with E-state index in [1.165, 1.54) is 18.6 Å². The second-order valence-electron chi connectivity index (χ2n) is 4.79. The topological polar surface area (TPSA) is 95.7 Å². The highest BCUT2D eigenvalue weighted by atomic mass is 32.2. The molecule has 0 radical (unpaired) electrons. The van der Waals surface area contributed by atoms with Crippen molar-refractivity contribution in [3.8, 4) is 6.07 Å². The van der Waals surface area contributed by atoms with Gasteiger partial charge in [-0.25, -0.2) is 18.4 Å². The van der Waals surface area contributed by atoms with E-state index >= 15 is 0 Å². The van der Waals surface area contributed by atoms with Gasteiger partial charge in [0, 0.05) is 30.6 Å². The van der Waals surface area contributed by atoms with E-state index in [2.05, 4.69) is 15.3 Å². The molecular weight excluding hydrogens is 252 g/mol. The first-order chi connectivity index (χ1) is 8.44. The SMILES string of the molecule is CS(=O)(=O)CC1(CNc2nccnc2C#N)CC1. The first-order valence-electron chi connectivity index (χ1n) is 5.57. The lowest BCUT2D eigenvalue weighted by atomic mass is 10.1. The van der Waals surface area contributed by atoms with Gasteiger partial charge in [0.25, 0.3) is 0 Å². The lowest BCUT2D eigenvalue weighted by Crippen LogP contribution is -2.24. The molecular formula is C11H14N4O2S. The van der Waals surface area contributed by atoms with Crippen molar-refractivity contribution in [2.75, 3.05) is 23.9 Å². The van der Waals surface area contributed by atoms with Crippen molar-refractivity contribution in [2.24, 2.45) is 5.41 Å². The Morgan fingerprint density at radius 1 is 1.44 bits per heavy atom. The van der Waals surface area contributed by atoms with E-state index in [9.17, 15) is 8.42 Å². The van der Waals surface area contributed by atoms with Gasteiger partial charge in [-0.2, -0.15) is 5.26 Å². The maximum atomic E-state index is 11.3. The molecule has 1 aromatic heterocycles. The van der Waals surface area contributed by atoms with Crippen molar-refractivity contribution in [1.82, 2.24) is 9.97 Å². The molecule has 0 aliphatic heterocycles. The first kappa shape index (κ1) is 12.8. The number of sulfone groups is 1. The standard InChI is InChI=1S/C11H14N4O2S/c1-18(16,17)8-11(2-3-11)7-15-10-9(6-12)13-4-5-14-10/h4-5H,2-3,7-8H2,1H3,(H,14,15). The molecule has 1 heterocycles. The zero-order valence-electron chi connectivity index (χ0n) is 10.0. The number of rotatable bonds is 5. The number of anilines is 1. The van der Waals surface area contributed by atoms with Crippen molar-refractivity contribution < 1.29 is 8.42 Å². The van der Waals surface area contributed by atoms with Crippen LogP contribution in [-0.2, 0) is 9.84 Å². The average molecular weight is 266 g/mol. The highest BCUT2D eigenvalue weighted by Gasteiger charge is 2.45. The largest absolute Gasteiger partial charge is 0.367 e. The van der Waals surface area contributed by atoms with Gasteiger partial charge in [0.15, 0.2) is 11.5 Å². The summed E-state index contributed by atoms with van der Waals surface area (Å²) >= 11 is 0. The number of hydrogen-bond acceptors (Lipinski definition) is 6. The molecule has 6 nitrogen and oxygen atoms in total. The van der Waals surface area contributed by atoms with E-state index in [0.29, 0.717) is 12.4 Å². The van der Waals surface area contributed by atoms with Crippen molar-refractivity contribution >= 4 is 15.7 Å². The maximum Gasteiger partial charge on any atom is 0.182 e. The van der Waals surface area contributed by atoms with Crippen LogP contribution in [0, 0.1) is 16.7 Å². The van der Waals surface area contributed by atoms with Gasteiger partial charge in [-0.3, -0.25) is 0 Å². The monoisotopic (exact) mass is 266 g/mol. The van der Waals surface area contributed by atoms with Gasteiger partial charge < -0.3 is 5.32 Å². The third-order valence-electron chi connectivity index (χ3n) is 2.96. The highest BCUT2D eigenvalue weighted by molar-refractivity contribution is 7.90. The number of aromatic nitrogens is 2. The van der Waals surface area contributed by atoms with Crippen LogP contribution in [0.5, 0.6) is 0 Å². The van der Waals surface area contributed by atoms with Crippen molar-refractivity contribution in [3.63, 3.8) is 0 Å². The molecule has 0 spiro atoms. The van der Waals surface area contributed by atoms with Crippen molar-refractivity contribution in [2.45, 2.75) is 12.8 Å². The molecule has 2 rings (SSSR count). The molecule has 1 aliphatic carbocycles. The zero-order valence-corrected chi connectivity index (χ0v) is 10.9. The number of nitriles is 1. The average Bonchev–Trinajstić information content (AvgIpc) is 3.04. The number of nitrogens with zero attached hydrogens (tertiary/aromatic N) is 3. The normalized spacial score (nSPS) is 16.9. The van der Waals surface area contributed by atoms with Crippen molar-refractivity contribution in [1.29, 1.82) is 5.26 Å². The minimum absolute atomic E-state index is 0.176. The van der Waals surface area contributed by atoms with E-state index in [1.54, 1.807) is 0 Å². The van der Waals surface area contributed by atoms with Crippen LogP contribution in [0.15, 0.2) is 12.4 Å². The minimum atomic E-state index is -2.98. The fourth-order valence-electron chi connectivity index (χ4n) is 1.93. The molecule has 0 saturated heterocycles. The molecule has 1 saturated carbocycles. The lowest BCUT2D eigenvalue weighted by Gasteiger charge is -2.15. The third-order valence-corrected chi connectivity index (χ3v) is 4.10. The summed E-state index contributed by atoms with van der Waals surface area (Å²) < 4.78 is 22.6. The van der Waals surface area contributed by atoms with E-state index in [1.807, 2.05) is 6.07 Å². The molecule has 1 N–H and O–H groups in total. The summed E-state index contributed by atoms with van der Waals surface area (Å²) in [6.07, 6.45) is 5.97. The molecule has 96 valence electrons. The van der Waals surface area contributed by atoms with Crippen LogP contribution in [0.1, 0.15) is 18.5 Å². The number of nitrogens with one attached hydrogen (secondary N) is 1. The predicted octanol–water partition coefficient (Wildman–Crippen LogP) is 0.585. The Kier molecular flexibility index (Phi) is 3.22. The van der Waals surface area contributed by atoms with Gasteiger partial charge in [0.1, 0.15) is 15.9 Å². The molecule has 1 aliphatic rings. The van der Waals surface area contributed by atoms with E-state index in [0.717, 1.165) is 12.8 Å². The van der Waals surface area contributed by atoms with Crippen LogP contribution >= 0.6 is 0 Å². The van der Waals surface area contributed by atoms with Gasteiger partial charge in [0.05, 0.1) is 5.75 Å². The van der Waals surface area contributed by atoms with Gasteiger partial charge in [-0.05, 0) is 12.8 Å². The Bertz CT molecular complexity index is 587. The Morgan fingerprint density at radius 3 is 2.67 bits per heavy atom. The second kappa shape index (κ2) is 4.53. The van der Waals surface area contributed by atoms with Crippen LogP contribution in [0.25, 0.3) is 0 Å². The van der Waals surface area contributed by atoms with E-state index in [-0.39, 0.29) is 16.9 Å².